The lowest BCUT2D eigenvalue weighted by atomic mass is 9.76. The molecule has 0 aromatic heterocycles. The van der Waals surface area contributed by atoms with Gasteiger partial charge < -0.3 is 25.8 Å². The molecular weight excluding hydrogens is 446 g/mol. The molecule has 1 aliphatic carbocycles. The zero-order chi connectivity index (χ0) is 25.6. The molecule has 3 fully saturated rings. The van der Waals surface area contributed by atoms with Crippen LogP contribution in [0.1, 0.15) is 78.1 Å². The van der Waals surface area contributed by atoms with Crippen LogP contribution in [0.15, 0.2) is 0 Å². The summed E-state index contributed by atoms with van der Waals surface area (Å²) in [7, 11) is 1.96. The van der Waals surface area contributed by atoms with Crippen molar-refractivity contribution in [3.05, 3.63) is 0 Å². The van der Waals surface area contributed by atoms with E-state index in [0.29, 0.717) is 38.0 Å². The first-order valence-electron chi connectivity index (χ1n) is 13.5. The molecule has 0 amide bonds. The Bertz CT molecular complexity index is 723. The minimum absolute atomic E-state index is 0.0166. The van der Waals surface area contributed by atoms with E-state index in [1.807, 2.05) is 11.9 Å². The summed E-state index contributed by atoms with van der Waals surface area (Å²) in [5, 5.41) is 20.8. The average Bonchev–Trinajstić information content (AvgIpc) is 2.82. The summed E-state index contributed by atoms with van der Waals surface area (Å²) in [6, 6.07) is -0.412. The molecule has 0 radical (unpaired) electrons. The van der Waals surface area contributed by atoms with Gasteiger partial charge in [0.15, 0.2) is 11.7 Å². The standard InChI is InChI=1S/C26H47N5O4/c1-18-14-19(2)16-20(15-18)30(3)22(17-23(32)33)24(34)26(8-4-5-10-29-26)9-13-35-21-6-11-31(12-7-21)25(27)28/h18-22,29H,4-17H2,1-3H3,(H3,27,28)(H,32,33)/t18?,19?,20?,22-,26?/m0/s1. The molecule has 5 N–H and O–H groups in total. The van der Waals surface area contributed by atoms with Crippen molar-refractivity contribution in [3.8, 4) is 0 Å². The van der Waals surface area contributed by atoms with E-state index in [9.17, 15) is 14.7 Å². The van der Waals surface area contributed by atoms with Gasteiger partial charge in [-0.05, 0) is 83.2 Å². The Labute approximate surface area is 210 Å². The highest BCUT2D eigenvalue weighted by Gasteiger charge is 2.46. The summed E-state index contributed by atoms with van der Waals surface area (Å²) in [5.74, 6) is 0.358. The highest BCUT2D eigenvalue weighted by molar-refractivity contribution is 5.95. The molecule has 9 nitrogen and oxygen atoms in total. The summed E-state index contributed by atoms with van der Waals surface area (Å²) >= 11 is 0. The smallest absolute Gasteiger partial charge is 0.305 e. The van der Waals surface area contributed by atoms with Gasteiger partial charge in [-0.15, -0.1) is 0 Å². The van der Waals surface area contributed by atoms with Gasteiger partial charge >= 0.3 is 5.97 Å². The number of nitrogens with two attached hydrogens (primary N) is 1. The second-order valence-corrected chi connectivity index (χ2v) is 11.4. The Hall–Kier alpha value is -1.71. The van der Waals surface area contributed by atoms with E-state index in [1.54, 1.807) is 0 Å². The van der Waals surface area contributed by atoms with E-state index < -0.39 is 17.6 Å². The third kappa shape index (κ3) is 7.40. The number of guanidine groups is 1. The van der Waals surface area contributed by atoms with Gasteiger partial charge in [0.25, 0.3) is 0 Å². The molecule has 0 spiro atoms. The molecule has 3 aliphatic rings. The van der Waals surface area contributed by atoms with Crippen LogP contribution in [0.5, 0.6) is 0 Å². The molecule has 35 heavy (non-hydrogen) atoms. The van der Waals surface area contributed by atoms with Gasteiger partial charge in [-0.2, -0.15) is 0 Å². The van der Waals surface area contributed by atoms with Gasteiger partial charge in [-0.1, -0.05) is 13.8 Å². The Morgan fingerprint density at radius 1 is 1.20 bits per heavy atom. The highest BCUT2D eigenvalue weighted by Crippen LogP contribution is 2.34. The molecule has 3 rings (SSSR count). The number of ketones is 1. The number of carboxylic acids is 1. The lowest BCUT2D eigenvalue weighted by molar-refractivity contribution is -0.144. The maximum Gasteiger partial charge on any atom is 0.305 e. The van der Waals surface area contributed by atoms with Gasteiger partial charge in [0, 0.05) is 25.7 Å². The first kappa shape index (κ1) is 27.9. The van der Waals surface area contributed by atoms with Crippen LogP contribution in [0.3, 0.4) is 0 Å². The second-order valence-electron chi connectivity index (χ2n) is 11.4. The normalized spacial score (nSPS) is 31.3. The molecule has 9 heteroatoms. The molecule has 200 valence electrons. The Balaban J connectivity index is 1.68. The van der Waals surface area contributed by atoms with Crippen LogP contribution in [0, 0.1) is 17.2 Å². The number of piperidine rings is 2. The van der Waals surface area contributed by atoms with Crippen LogP contribution < -0.4 is 11.1 Å². The average molecular weight is 494 g/mol. The van der Waals surface area contributed by atoms with Crippen molar-refractivity contribution in [2.24, 2.45) is 17.6 Å². The lowest BCUT2D eigenvalue weighted by Gasteiger charge is -2.45. The number of nitrogens with zero attached hydrogens (tertiary/aromatic N) is 2. The first-order chi connectivity index (χ1) is 16.6. The molecular formula is C26H47N5O4. The van der Waals surface area contributed by atoms with Gasteiger partial charge in [0.05, 0.1) is 24.1 Å². The number of rotatable bonds is 10. The van der Waals surface area contributed by atoms with Crippen LogP contribution in [0.2, 0.25) is 0 Å². The fourth-order valence-corrected chi connectivity index (χ4v) is 6.58. The molecule has 0 aromatic carbocycles. The Morgan fingerprint density at radius 3 is 2.40 bits per heavy atom. The number of carbonyl (C=O) groups excluding carboxylic acids is 1. The molecule has 0 aromatic rings. The molecule has 2 aliphatic heterocycles. The van der Waals surface area contributed by atoms with Crippen molar-refractivity contribution >= 4 is 17.7 Å². The Morgan fingerprint density at radius 2 is 1.86 bits per heavy atom. The molecule has 0 bridgehead atoms. The summed E-state index contributed by atoms with van der Waals surface area (Å²) in [6.45, 7) is 7.17. The molecule has 1 saturated carbocycles. The van der Waals surface area contributed by atoms with E-state index in [0.717, 1.165) is 51.5 Å². The van der Waals surface area contributed by atoms with E-state index in [2.05, 4.69) is 24.1 Å². The number of carbonyl (C=O) groups is 2. The fraction of sp³-hybridized carbons (Fsp3) is 0.885. The van der Waals surface area contributed by atoms with Gasteiger partial charge in [-0.25, -0.2) is 0 Å². The van der Waals surface area contributed by atoms with Gasteiger partial charge in [-0.3, -0.25) is 19.9 Å². The predicted octanol–water partition coefficient (Wildman–Crippen LogP) is 2.43. The summed E-state index contributed by atoms with van der Waals surface area (Å²) < 4.78 is 6.19. The SMILES string of the molecule is CC1CC(C)CC(N(C)[C@@H](CC(=O)O)C(=O)C2(CCOC3CCN(C(=N)N)CC3)CCCCN2)C1. The first-order valence-corrected chi connectivity index (χ1v) is 13.5. The number of aliphatic carboxylic acids is 1. The van der Waals surface area contributed by atoms with Crippen molar-refractivity contribution < 1.29 is 19.4 Å². The number of ether oxygens (including phenoxy) is 1. The highest BCUT2D eigenvalue weighted by atomic mass is 16.5. The Kier molecular flexibility index (Phi) is 9.95. The van der Waals surface area contributed by atoms with E-state index in [1.165, 1.54) is 6.42 Å². The number of hydrogen-bond donors (Lipinski definition) is 4. The monoisotopic (exact) mass is 493 g/mol. The van der Waals surface area contributed by atoms with Crippen molar-refractivity contribution in [2.45, 2.75) is 102 Å². The van der Waals surface area contributed by atoms with Crippen LogP contribution >= 0.6 is 0 Å². The van der Waals surface area contributed by atoms with E-state index in [-0.39, 0.29) is 30.3 Å². The number of Topliss-reactive ketones (excluding diaryl/α,β-unsaturated/α-hetero) is 1. The summed E-state index contributed by atoms with van der Waals surface area (Å²) in [4.78, 5) is 29.9. The molecule has 2 heterocycles. The second kappa shape index (κ2) is 12.5. The zero-order valence-corrected chi connectivity index (χ0v) is 21.9. The van der Waals surface area contributed by atoms with E-state index >= 15 is 0 Å². The van der Waals surface area contributed by atoms with Crippen molar-refractivity contribution in [1.29, 1.82) is 5.41 Å². The fourth-order valence-electron chi connectivity index (χ4n) is 6.58. The quantitative estimate of drug-likeness (QED) is 0.269. The largest absolute Gasteiger partial charge is 0.481 e. The third-order valence-electron chi connectivity index (χ3n) is 8.52. The molecule has 4 atom stereocenters. The molecule has 3 unspecified atom stereocenters. The number of carboxylic acid groups (broad SMARTS) is 1. The number of likely N-dealkylation sites (tertiary alicyclic amines) is 1. The maximum absolute atomic E-state index is 14.1. The van der Waals surface area contributed by atoms with Crippen molar-refractivity contribution in [1.82, 2.24) is 15.1 Å². The minimum atomic E-state index is -0.924. The van der Waals surface area contributed by atoms with E-state index in [4.69, 9.17) is 15.9 Å². The lowest BCUT2D eigenvalue weighted by Crippen LogP contribution is -2.62. The number of hydrogen-bond acceptors (Lipinski definition) is 6. The summed E-state index contributed by atoms with van der Waals surface area (Å²) in [5.41, 5.74) is 4.86. The van der Waals surface area contributed by atoms with Crippen LogP contribution in [-0.2, 0) is 14.3 Å². The summed E-state index contributed by atoms with van der Waals surface area (Å²) in [6.07, 6.45) is 8.03. The number of likely N-dealkylation sites (N-methyl/N-ethyl adjacent to an activating group) is 1. The minimum Gasteiger partial charge on any atom is -0.481 e. The number of nitrogens with one attached hydrogen (secondary N) is 2. The van der Waals surface area contributed by atoms with Gasteiger partial charge in [0.1, 0.15) is 0 Å². The van der Waals surface area contributed by atoms with Crippen LogP contribution in [0.4, 0.5) is 0 Å². The van der Waals surface area contributed by atoms with Crippen LogP contribution in [0.25, 0.3) is 0 Å². The zero-order valence-electron chi connectivity index (χ0n) is 21.9. The van der Waals surface area contributed by atoms with Crippen LogP contribution in [-0.4, -0.2) is 89.6 Å². The maximum atomic E-state index is 14.1. The molecule has 2 saturated heterocycles. The topological polar surface area (TPSA) is 132 Å². The van der Waals surface area contributed by atoms with Gasteiger partial charge in [0.2, 0.25) is 0 Å². The third-order valence-corrected chi connectivity index (χ3v) is 8.52. The van der Waals surface area contributed by atoms with Crippen molar-refractivity contribution in [3.63, 3.8) is 0 Å². The predicted molar refractivity (Wildman–Crippen MR) is 136 cm³/mol. The van der Waals surface area contributed by atoms with Crippen molar-refractivity contribution in [2.75, 3.05) is 33.3 Å².